The Kier molecular flexibility index (Phi) is 8.91. The summed E-state index contributed by atoms with van der Waals surface area (Å²) >= 11 is 0. The maximum atomic E-state index is 12.9. The Morgan fingerprint density at radius 1 is 1.09 bits per heavy atom. The SMILES string of the molecule is CCOC(=O)CNC(=O)N(Cc1cccc(OS(=O)(=O)c2cccc(C(F)(F)F)c2)c1)C(C)C. The summed E-state index contributed by atoms with van der Waals surface area (Å²) in [6, 6.07) is 8.22. The number of hydrogen-bond donors (Lipinski definition) is 1. The summed E-state index contributed by atoms with van der Waals surface area (Å²) in [6.07, 6.45) is -4.71. The van der Waals surface area contributed by atoms with Crippen molar-refractivity contribution in [2.24, 2.45) is 0 Å². The van der Waals surface area contributed by atoms with E-state index in [1.807, 2.05) is 0 Å². The molecule has 8 nitrogen and oxygen atoms in total. The molecule has 2 rings (SSSR count). The molecule has 0 radical (unpaired) electrons. The van der Waals surface area contributed by atoms with Gasteiger partial charge in [-0.15, -0.1) is 0 Å². The zero-order chi connectivity index (χ0) is 25.5. The number of nitrogens with one attached hydrogen (secondary N) is 1. The molecular formula is C22H25F3N2O6S. The van der Waals surface area contributed by atoms with Crippen molar-refractivity contribution in [2.45, 2.75) is 44.4 Å². The molecule has 0 heterocycles. The lowest BCUT2D eigenvalue weighted by Gasteiger charge is -2.27. The van der Waals surface area contributed by atoms with Gasteiger partial charge in [0, 0.05) is 12.6 Å². The van der Waals surface area contributed by atoms with Crippen LogP contribution in [0.4, 0.5) is 18.0 Å². The van der Waals surface area contributed by atoms with E-state index in [-0.39, 0.29) is 31.5 Å². The smallest absolute Gasteiger partial charge is 0.416 e. The Morgan fingerprint density at radius 3 is 2.38 bits per heavy atom. The number of halogens is 3. The Balaban J connectivity index is 2.17. The standard InChI is InChI=1S/C22H25F3N2O6S/c1-4-32-20(28)13-26-21(29)27(15(2)3)14-16-7-5-9-18(11-16)33-34(30,31)19-10-6-8-17(12-19)22(23,24)25/h5-12,15H,4,13-14H2,1-3H3,(H,26,29). The fourth-order valence-corrected chi connectivity index (χ4v) is 3.82. The van der Waals surface area contributed by atoms with Crippen LogP contribution in [0.25, 0.3) is 0 Å². The zero-order valence-electron chi connectivity index (χ0n) is 18.8. The van der Waals surface area contributed by atoms with E-state index in [1.165, 1.54) is 23.1 Å². The molecule has 0 bridgehead atoms. The Hall–Kier alpha value is -3.28. The largest absolute Gasteiger partial charge is 0.465 e. The minimum atomic E-state index is -4.71. The van der Waals surface area contributed by atoms with Gasteiger partial charge in [-0.3, -0.25) is 4.79 Å². The topological polar surface area (TPSA) is 102 Å². The Morgan fingerprint density at radius 2 is 1.76 bits per heavy atom. The third kappa shape index (κ3) is 7.65. The lowest BCUT2D eigenvalue weighted by Crippen LogP contribution is -2.45. The molecule has 0 unspecified atom stereocenters. The van der Waals surface area contributed by atoms with Gasteiger partial charge in [0.1, 0.15) is 17.2 Å². The van der Waals surface area contributed by atoms with Crippen molar-refractivity contribution in [1.29, 1.82) is 0 Å². The maximum absolute atomic E-state index is 12.9. The summed E-state index contributed by atoms with van der Waals surface area (Å²) in [5.41, 5.74) is -0.621. The highest BCUT2D eigenvalue weighted by Gasteiger charge is 2.32. The molecule has 1 N–H and O–H groups in total. The van der Waals surface area contributed by atoms with Gasteiger partial charge in [-0.2, -0.15) is 21.6 Å². The third-order valence-electron chi connectivity index (χ3n) is 4.48. The maximum Gasteiger partial charge on any atom is 0.416 e. The van der Waals surface area contributed by atoms with E-state index in [4.69, 9.17) is 8.92 Å². The van der Waals surface area contributed by atoms with Crippen molar-refractivity contribution in [3.8, 4) is 5.75 Å². The third-order valence-corrected chi connectivity index (χ3v) is 5.72. The first-order valence-electron chi connectivity index (χ1n) is 10.2. The molecule has 2 aromatic carbocycles. The van der Waals surface area contributed by atoms with Gasteiger partial charge in [0.25, 0.3) is 0 Å². The van der Waals surface area contributed by atoms with Crippen molar-refractivity contribution in [2.75, 3.05) is 13.2 Å². The number of rotatable bonds is 9. The van der Waals surface area contributed by atoms with Crippen LogP contribution < -0.4 is 9.50 Å². The molecule has 0 aliphatic carbocycles. The van der Waals surface area contributed by atoms with Crippen molar-refractivity contribution in [3.05, 3.63) is 59.7 Å². The molecule has 0 fully saturated rings. The first-order chi connectivity index (χ1) is 15.8. The second-order valence-electron chi connectivity index (χ2n) is 7.40. The van der Waals surface area contributed by atoms with Gasteiger partial charge in [0.15, 0.2) is 0 Å². The summed E-state index contributed by atoms with van der Waals surface area (Å²) < 4.78 is 73.6. The predicted octanol–water partition coefficient (Wildman–Crippen LogP) is 3.96. The number of ether oxygens (including phenoxy) is 1. The van der Waals surface area contributed by atoms with Crippen LogP contribution in [0.15, 0.2) is 53.4 Å². The average Bonchev–Trinajstić information content (AvgIpc) is 2.75. The molecule has 0 saturated carbocycles. The Bertz CT molecular complexity index is 1120. The number of esters is 1. The molecule has 0 saturated heterocycles. The average molecular weight is 503 g/mol. The zero-order valence-corrected chi connectivity index (χ0v) is 19.6. The van der Waals surface area contributed by atoms with Crippen LogP contribution in [0, 0.1) is 0 Å². The Labute approximate surface area is 195 Å². The van der Waals surface area contributed by atoms with E-state index in [0.717, 1.165) is 18.2 Å². The van der Waals surface area contributed by atoms with E-state index in [9.17, 15) is 31.2 Å². The van der Waals surface area contributed by atoms with Gasteiger partial charge in [0.05, 0.1) is 12.2 Å². The summed E-state index contributed by atoms with van der Waals surface area (Å²) in [6.45, 7) is 5.06. The number of hydrogen-bond acceptors (Lipinski definition) is 6. The van der Waals surface area contributed by atoms with Crippen LogP contribution in [0.5, 0.6) is 5.75 Å². The quantitative estimate of drug-likeness (QED) is 0.412. The van der Waals surface area contributed by atoms with Crippen LogP contribution in [-0.4, -0.2) is 44.5 Å². The fourth-order valence-electron chi connectivity index (χ4n) is 2.85. The van der Waals surface area contributed by atoms with Crippen LogP contribution in [-0.2, 0) is 32.4 Å². The van der Waals surface area contributed by atoms with Gasteiger partial charge in [-0.05, 0) is 56.7 Å². The van der Waals surface area contributed by atoms with Gasteiger partial charge in [-0.25, -0.2) is 4.79 Å². The molecular weight excluding hydrogens is 477 g/mol. The number of alkyl halides is 3. The molecule has 0 aliphatic heterocycles. The lowest BCUT2D eigenvalue weighted by molar-refractivity contribution is -0.142. The number of amides is 2. The minimum absolute atomic E-state index is 0.0487. The summed E-state index contributed by atoms with van der Waals surface area (Å²) in [5, 5.41) is 2.45. The molecule has 0 atom stereocenters. The molecule has 186 valence electrons. The normalized spacial score (nSPS) is 11.7. The summed E-state index contributed by atoms with van der Waals surface area (Å²) in [5.74, 6) is -0.722. The van der Waals surface area contributed by atoms with Crippen molar-refractivity contribution in [1.82, 2.24) is 10.2 Å². The first-order valence-corrected chi connectivity index (χ1v) is 11.6. The monoisotopic (exact) mass is 502 g/mol. The first kappa shape index (κ1) is 27.0. The summed E-state index contributed by atoms with van der Waals surface area (Å²) in [7, 11) is -4.54. The molecule has 0 aliphatic rings. The number of carbonyl (C=O) groups excluding carboxylic acids is 2. The molecule has 0 aromatic heterocycles. The number of carbonyl (C=O) groups is 2. The van der Waals surface area contributed by atoms with E-state index in [2.05, 4.69) is 5.32 Å². The molecule has 34 heavy (non-hydrogen) atoms. The van der Waals surface area contributed by atoms with Gasteiger partial charge >= 0.3 is 28.3 Å². The predicted molar refractivity (Wildman–Crippen MR) is 116 cm³/mol. The molecule has 0 spiro atoms. The second kappa shape index (κ2) is 11.2. The lowest BCUT2D eigenvalue weighted by atomic mass is 10.2. The highest BCUT2D eigenvalue weighted by molar-refractivity contribution is 7.87. The van der Waals surface area contributed by atoms with Crippen LogP contribution in [0.2, 0.25) is 0 Å². The van der Waals surface area contributed by atoms with Gasteiger partial charge in [-0.1, -0.05) is 18.2 Å². The molecule has 2 amide bonds. The van der Waals surface area contributed by atoms with Gasteiger partial charge in [0.2, 0.25) is 0 Å². The van der Waals surface area contributed by atoms with E-state index in [1.54, 1.807) is 26.8 Å². The van der Waals surface area contributed by atoms with Crippen molar-refractivity contribution < 1.29 is 40.1 Å². The molecule has 2 aromatic rings. The molecule has 12 heteroatoms. The second-order valence-corrected chi connectivity index (χ2v) is 8.94. The highest BCUT2D eigenvalue weighted by Crippen LogP contribution is 2.31. The number of urea groups is 1. The highest BCUT2D eigenvalue weighted by atomic mass is 32.2. The van der Waals surface area contributed by atoms with Crippen LogP contribution in [0.3, 0.4) is 0 Å². The van der Waals surface area contributed by atoms with Crippen molar-refractivity contribution in [3.63, 3.8) is 0 Å². The van der Waals surface area contributed by atoms with E-state index >= 15 is 0 Å². The minimum Gasteiger partial charge on any atom is -0.465 e. The van der Waals surface area contributed by atoms with Crippen molar-refractivity contribution >= 4 is 22.1 Å². The number of nitrogens with zero attached hydrogens (tertiary/aromatic N) is 1. The van der Waals surface area contributed by atoms with Crippen LogP contribution in [0.1, 0.15) is 31.9 Å². The number of benzene rings is 2. The van der Waals surface area contributed by atoms with E-state index in [0.29, 0.717) is 11.6 Å². The van der Waals surface area contributed by atoms with Gasteiger partial charge < -0.3 is 19.1 Å². The summed E-state index contributed by atoms with van der Waals surface area (Å²) in [4.78, 5) is 24.7. The fraction of sp³-hybridized carbons (Fsp3) is 0.364. The van der Waals surface area contributed by atoms with Crippen LogP contribution >= 0.6 is 0 Å². The van der Waals surface area contributed by atoms with E-state index < -0.39 is 38.8 Å².